The van der Waals surface area contributed by atoms with E-state index in [0.29, 0.717) is 5.75 Å². The van der Waals surface area contributed by atoms with Gasteiger partial charge in [-0.05, 0) is 17.7 Å². The summed E-state index contributed by atoms with van der Waals surface area (Å²) in [4.78, 5) is 11.0. The summed E-state index contributed by atoms with van der Waals surface area (Å²) >= 11 is 5.44. The third kappa shape index (κ3) is 5.06. The molecule has 0 heterocycles. The number of esters is 1. The monoisotopic (exact) mass is 258 g/mol. The Balaban J connectivity index is 2.47. The van der Waals surface area contributed by atoms with E-state index in [4.69, 9.17) is 16.3 Å². The fourth-order valence-corrected chi connectivity index (χ4v) is 1.27. The lowest BCUT2D eigenvalue weighted by Crippen LogP contribution is -2.18. The van der Waals surface area contributed by atoms with Crippen LogP contribution in [0.4, 0.5) is 0 Å². The second-order valence-corrected chi connectivity index (χ2v) is 3.82. The zero-order chi connectivity index (χ0) is 12.7. The molecule has 0 aliphatic heterocycles. The minimum Gasteiger partial charge on any atom is -0.491 e. The summed E-state index contributed by atoms with van der Waals surface area (Å²) in [5.41, 5.74) is 0.849. The zero-order valence-corrected chi connectivity index (χ0v) is 10.3. The predicted molar refractivity (Wildman–Crippen MR) is 64.4 cm³/mol. The molecule has 0 radical (unpaired) electrons. The van der Waals surface area contributed by atoms with Gasteiger partial charge >= 0.3 is 5.97 Å². The van der Waals surface area contributed by atoms with E-state index in [-0.39, 0.29) is 24.9 Å². The molecule has 5 heteroatoms. The summed E-state index contributed by atoms with van der Waals surface area (Å²) in [5.74, 6) is 0.486. The van der Waals surface area contributed by atoms with Crippen LogP contribution in [0, 0.1) is 0 Å². The molecule has 1 atom stereocenters. The van der Waals surface area contributed by atoms with E-state index >= 15 is 0 Å². The van der Waals surface area contributed by atoms with Gasteiger partial charge in [-0.3, -0.25) is 4.79 Å². The minimum atomic E-state index is -0.675. The molecular formula is C12H15ClO4. The summed E-state index contributed by atoms with van der Waals surface area (Å²) < 4.78 is 9.85. The van der Waals surface area contributed by atoms with Crippen molar-refractivity contribution in [2.75, 3.05) is 19.6 Å². The zero-order valence-electron chi connectivity index (χ0n) is 9.56. The third-order valence-electron chi connectivity index (χ3n) is 2.12. The second-order valence-electron chi connectivity index (χ2n) is 3.52. The molecule has 4 nitrogen and oxygen atoms in total. The quantitative estimate of drug-likeness (QED) is 0.619. The highest BCUT2D eigenvalue weighted by Gasteiger charge is 2.05. The van der Waals surface area contributed by atoms with Crippen LogP contribution in [0.2, 0.25) is 0 Å². The number of ether oxygens (including phenoxy) is 2. The van der Waals surface area contributed by atoms with E-state index in [9.17, 15) is 9.90 Å². The lowest BCUT2D eigenvalue weighted by Gasteiger charge is -2.09. The average Bonchev–Trinajstić information content (AvgIpc) is 2.37. The maximum atomic E-state index is 11.0. The number of halogens is 1. The Kier molecular flexibility index (Phi) is 5.80. The molecule has 0 bridgehead atoms. The molecule has 0 aromatic heterocycles. The highest BCUT2D eigenvalue weighted by Crippen LogP contribution is 2.13. The lowest BCUT2D eigenvalue weighted by molar-refractivity contribution is -0.139. The second kappa shape index (κ2) is 7.14. The van der Waals surface area contributed by atoms with Gasteiger partial charge in [-0.15, -0.1) is 11.6 Å². The average molecular weight is 259 g/mol. The summed E-state index contributed by atoms with van der Waals surface area (Å²) in [7, 11) is 1.35. The summed E-state index contributed by atoms with van der Waals surface area (Å²) in [5, 5.41) is 9.21. The predicted octanol–water partition coefficient (Wildman–Crippen LogP) is 1.38. The molecule has 1 N–H and O–H groups in total. The number of aliphatic hydroxyl groups is 1. The van der Waals surface area contributed by atoms with Gasteiger partial charge in [0.05, 0.1) is 19.4 Å². The Hall–Kier alpha value is -1.26. The molecule has 1 rings (SSSR count). The number of methoxy groups -OCH3 is 1. The van der Waals surface area contributed by atoms with Crippen LogP contribution in [0.3, 0.4) is 0 Å². The van der Waals surface area contributed by atoms with E-state index < -0.39 is 6.10 Å². The van der Waals surface area contributed by atoms with Gasteiger partial charge in [0.15, 0.2) is 0 Å². The van der Waals surface area contributed by atoms with Crippen molar-refractivity contribution in [2.45, 2.75) is 12.5 Å². The van der Waals surface area contributed by atoms with Crippen molar-refractivity contribution in [1.82, 2.24) is 0 Å². The fraction of sp³-hybridized carbons (Fsp3) is 0.417. The van der Waals surface area contributed by atoms with Crippen molar-refractivity contribution >= 4 is 17.6 Å². The lowest BCUT2D eigenvalue weighted by atomic mass is 10.1. The van der Waals surface area contributed by atoms with Gasteiger partial charge in [-0.25, -0.2) is 0 Å². The molecule has 0 aliphatic rings. The number of alkyl halides is 1. The normalized spacial score (nSPS) is 11.9. The van der Waals surface area contributed by atoms with Crippen molar-refractivity contribution in [3.63, 3.8) is 0 Å². The number of aliphatic hydroxyl groups excluding tert-OH is 1. The van der Waals surface area contributed by atoms with E-state index in [0.717, 1.165) is 5.56 Å². The topological polar surface area (TPSA) is 55.8 Å². The first-order chi connectivity index (χ1) is 8.15. The van der Waals surface area contributed by atoms with Crippen molar-refractivity contribution in [1.29, 1.82) is 0 Å². The van der Waals surface area contributed by atoms with Crippen LogP contribution >= 0.6 is 11.6 Å². The number of rotatable bonds is 6. The van der Waals surface area contributed by atoms with Crippen molar-refractivity contribution < 1.29 is 19.4 Å². The highest BCUT2D eigenvalue weighted by molar-refractivity contribution is 6.18. The van der Waals surface area contributed by atoms with Crippen LogP contribution in [0.15, 0.2) is 24.3 Å². The van der Waals surface area contributed by atoms with Crippen LogP contribution in [-0.2, 0) is 16.0 Å². The molecule has 0 amide bonds. The summed E-state index contributed by atoms with van der Waals surface area (Å²) in [6, 6.07) is 7.02. The molecular weight excluding hydrogens is 244 g/mol. The van der Waals surface area contributed by atoms with E-state index in [1.165, 1.54) is 7.11 Å². The largest absolute Gasteiger partial charge is 0.491 e. The molecule has 17 heavy (non-hydrogen) atoms. The summed E-state index contributed by atoms with van der Waals surface area (Å²) in [6.45, 7) is 0.153. The first-order valence-electron chi connectivity index (χ1n) is 5.18. The maximum absolute atomic E-state index is 11.0. The molecule has 1 aromatic rings. The summed E-state index contributed by atoms with van der Waals surface area (Å²) in [6.07, 6.45) is -0.437. The minimum absolute atomic E-state index is 0.139. The third-order valence-corrected chi connectivity index (χ3v) is 2.48. The molecule has 1 aromatic carbocycles. The van der Waals surface area contributed by atoms with Gasteiger partial charge in [0.25, 0.3) is 0 Å². The molecule has 94 valence electrons. The van der Waals surface area contributed by atoms with E-state index in [1.807, 2.05) is 0 Å². The van der Waals surface area contributed by atoms with Crippen LogP contribution < -0.4 is 4.74 Å². The van der Waals surface area contributed by atoms with E-state index in [1.54, 1.807) is 24.3 Å². The molecule has 0 saturated heterocycles. The first-order valence-corrected chi connectivity index (χ1v) is 5.71. The van der Waals surface area contributed by atoms with Crippen molar-refractivity contribution in [3.8, 4) is 5.75 Å². The van der Waals surface area contributed by atoms with Crippen LogP contribution in [0.25, 0.3) is 0 Å². The smallest absolute Gasteiger partial charge is 0.309 e. The Morgan fingerprint density at radius 2 is 2.06 bits per heavy atom. The first kappa shape index (κ1) is 13.8. The number of carbonyl (C=O) groups excluding carboxylic acids is 1. The molecule has 0 unspecified atom stereocenters. The van der Waals surface area contributed by atoms with Crippen LogP contribution in [-0.4, -0.2) is 36.8 Å². The standard InChI is InChI=1S/C12H15ClO4/c1-16-12(15)6-9-2-4-11(5-3-9)17-8-10(14)7-13/h2-5,10,14H,6-8H2,1H3/t10-/m0/s1. The fourth-order valence-electron chi connectivity index (χ4n) is 1.18. The number of hydrogen-bond donors (Lipinski definition) is 1. The van der Waals surface area contributed by atoms with Crippen LogP contribution in [0.5, 0.6) is 5.75 Å². The van der Waals surface area contributed by atoms with Gasteiger partial charge in [-0.1, -0.05) is 12.1 Å². The van der Waals surface area contributed by atoms with Gasteiger partial charge < -0.3 is 14.6 Å². The molecule has 0 aliphatic carbocycles. The Labute approximate surface area is 105 Å². The molecule has 0 fully saturated rings. The van der Waals surface area contributed by atoms with Gasteiger partial charge in [0.1, 0.15) is 18.5 Å². The SMILES string of the molecule is COC(=O)Cc1ccc(OC[C@@H](O)CCl)cc1. The number of hydrogen-bond acceptors (Lipinski definition) is 4. The number of carbonyl (C=O) groups is 1. The van der Waals surface area contributed by atoms with E-state index in [2.05, 4.69) is 4.74 Å². The van der Waals surface area contributed by atoms with Crippen LogP contribution in [0.1, 0.15) is 5.56 Å². The van der Waals surface area contributed by atoms with Gasteiger partial charge in [0, 0.05) is 0 Å². The van der Waals surface area contributed by atoms with Crippen molar-refractivity contribution in [2.24, 2.45) is 0 Å². The molecule has 0 saturated carbocycles. The van der Waals surface area contributed by atoms with Crippen molar-refractivity contribution in [3.05, 3.63) is 29.8 Å². The highest BCUT2D eigenvalue weighted by atomic mass is 35.5. The molecule has 0 spiro atoms. The maximum Gasteiger partial charge on any atom is 0.309 e. The number of benzene rings is 1. The Bertz CT molecular complexity index is 350. The Morgan fingerprint density at radius 1 is 1.41 bits per heavy atom. The van der Waals surface area contributed by atoms with Gasteiger partial charge in [0.2, 0.25) is 0 Å². The Morgan fingerprint density at radius 3 is 2.59 bits per heavy atom. The van der Waals surface area contributed by atoms with Gasteiger partial charge in [-0.2, -0.15) is 0 Å².